The standard InChI is InChI=1S/C33H35F3N6O2S/c1-20(2)29-21(3)7-6-8-28(29)42-22(4)17-18-45-32(42)39-31(43)38-23(5)24-9-11-25(12-10-24)30-37-19-41(40-30)26-13-15-27(16-14-26)44-33(34,35)36/h6-16,19-20,22-23H,17-18H2,1-5H3,(H,38,43)/b39-32-. The first-order valence-electron chi connectivity index (χ1n) is 14.7. The van der Waals surface area contributed by atoms with Crippen molar-refractivity contribution in [1.82, 2.24) is 20.1 Å². The van der Waals surface area contributed by atoms with Gasteiger partial charge in [-0.3, -0.25) is 0 Å². The number of hydrogen-bond donors (Lipinski definition) is 1. The molecule has 4 aromatic rings. The predicted molar refractivity (Wildman–Crippen MR) is 172 cm³/mol. The molecule has 0 radical (unpaired) electrons. The van der Waals surface area contributed by atoms with Gasteiger partial charge in [0.25, 0.3) is 0 Å². The second-order valence-electron chi connectivity index (χ2n) is 11.3. The van der Waals surface area contributed by atoms with Crippen molar-refractivity contribution in [3.05, 3.63) is 89.7 Å². The number of urea groups is 1. The molecule has 2 heterocycles. The minimum Gasteiger partial charge on any atom is -0.406 e. The van der Waals surface area contributed by atoms with Crippen LogP contribution in [0, 0.1) is 6.92 Å². The molecule has 1 saturated heterocycles. The molecule has 1 aliphatic heterocycles. The first kappa shape index (κ1) is 32.1. The van der Waals surface area contributed by atoms with E-state index in [1.54, 1.807) is 11.8 Å². The Balaban J connectivity index is 1.26. The molecular weight excluding hydrogens is 601 g/mol. The number of nitrogens with one attached hydrogen (secondary N) is 1. The van der Waals surface area contributed by atoms with Crippen LogP contribution in [0.1, 0.15) is 62.8 Å². The van der Waals surface area contributed by atoms with Crippen molar-refractivity contribution in [2.24, 2.45) is 4.99 Å². The first-order chi connectivity index (χ1) is 21.4. The largest absolute Gasteiger partial charge is 0.573 e. The van der Waals surface area contributed by atoms with E-state index < -0.39 is 12.4 Å². The van der Waals surface area contributed by atoms with Gasteiger partial charge in [0.2, 0.25) is 0 Å². The molecule has 3 aromatic carbocycles. The summed E-state index contributed by atoms with van der Waals surface area (Å²) in [6, 6.07) is 18.7. The Kier molecular flexibility index (Phi) is 9.52. The van der Waals surface area contributed by atoms with Crippen LogP contribution < -0.4 is 15.0 Å². The normalized spacial score (nSPS) is 17.0. The van der Waals surface area contributed by atoms with Crippen LogP contribution in [0.25, 0.3) is 17.1 Å². The van der Waals surface area contributed by atoms with Gasteiger partial charge in [-0.2, -0.15) is 4.99 Å². The Labute approximate surface area is 264 Å². The van der Waals surface area contributed by atoms with E-state index >= 15 is 0 Å². The van der Waals surface area contributed by atoms with E-state index in [9.17, 15) is 18.0 Å². The van der Waals surface area contributed by atoms with Crippen molar-refractivity contribution in [1.29, 1.82) is 0 Å². The number of carbonyl (C=O) groups is 1. The van der Waals surface area contributed by atoms with Gasteiger partial charge in [-0.15, -0.1) is 18.3 Å². The lowest BCUT2D eigenvalue weighted by Gasteiger charge is -2.37. The quantitative estimate of drug-likeness (QED) is 0.219. The maximum atomic E-state index is 13.2. The van der Waals surface area contributed by atoms with Crippen LogP contribution >= 0.6 is 11.8 Å². The Morgan fingerprint density at radius 3 is 2.44 bits per heavy atom. The maximum Gasteiger partial charge on any atom is 0.573 e. The highest BCUT2D eigenvalue weighted by Crippen LogP contribution is 2.36. The highest BCUT2D eigenvalue weighted by Gasteiger charge is 2.31. The number of aliphatic imine (C=N–C) groups is 1. The molecule has 1 N–H and O–H groups in total. The van der Waals surface area contributed by atoms with E-state index in [1.807, 2.05) is 31.2 Å². The average Bonchev–Trinajstić information content (AvgIpc) is 3.47. The van der Waals surface area contributed by atoms with E-state index in [0.717, 1.165) is 29.0 Å². The van der Waals surface area contributed by atoms with Crippen molar-refractivity contribution in [2.45, 2.75) is 65.4 Å². The molecule has 2 amide bonds. The van der Waals surface area contributed by atoms with Crippen molar-refractivity contribution < 1.29 is 22.7 Å². The zero-order valence-electron chi connectivity index (χ0n) is 25.7. The minimum absolute atomic E-state index is 0.210. The number of amidine groups is 1. The number of nitrogens with zero attached hydrogens (tertiary/aromatic N) is 5. The number of aromatic nitrogens is 3. The van der Waals surface area contributed by atoms with Crippen molar-refractivity contribution >= 4 is 28.6 Å². The smallest absolute Gasteiger partial charge is 0.406 e. The monoisotopic (exact) mass is 636 g/mol. The fourth-order valence-electron chi connectivity index (χ4n) is 5.39. The van der Waals surface area contributed by atoms with Gasteiger partial charge in [0.1, 0.15) is 12.1 Å². The third kappa shape index (κ3) is 7.67. The summed E-state index contributed by atoms with van der Waals surface area (Å²) in [4.78, 5) is 24.2. The number of alkyl halides is 3. The summed E-state index contributed by atoms with van der Waals surface area (Å²) in [5.74, 6) is 1.35. The fraction of sp³-hybridized carbons (Fsp3) is 0.333. The number of rotatable bonds is 7. The SMILES string of the molecule is Cc1cccc(N2/C(=N/C(=O)NC(C)c3ccc(-c4ncn(-c5ccc(OC(F)(F)F)cc5)n4)cc3)SCCC2C)c1C(C)C. The Morgan fingerprint density at radius 1 is 1.07 bits per heavy atom. The molecule has 1 fully saturated rings. The summed E-state index contributed by atoms with van der Waals surface area (Å²) in [6.45, 7) is 10.6. The highest BCUT2D eigenvalue weighted by molar-refractivity contribution is 8.14. The number of thioether (sulfide) groups is 1. The van der Waals surface area contributed by atoms with Gasteiger partial charge in [0.05, 0.1) is 11.7 Å². The molecule has 8 nitrogen and oxygen atoms in total. The van der Waals surface area contributed by atoms with Crippen molar-refractivity contribution in [3.8, 4) is 22.8 Å². The summed E-state index contributed by atoms with van der Waals surface area (Å²) in [5.41, 5.74) is 5.75. The summed E-state index contributed by atoms with van der Waals surface area (Å²) in [7, 11) is 0. The van der Waals surface area contributed by atoms with Gasteiger partial charge < -0.3 is 15.0 Å². The van der Waals surface area contributed by atoms with Gasteiger partial charge in [-0.05, 0) is 80.1 Å². The van der Waals surface area contributed by atoms with Gasteiger partial charge in [0, 0.05) is 23.0 Å². The average molecular weight is 637 g/mol. The second kappa shape index (κ2) is 13.4. The Bertz CT molecular complexity index is 1670. The lowest BCUT2D eigenvalue weighted by Crippen LogP contribution is -2.43. The van der Waals surface area contributed by atoms with E-state index in [2.05, 4.69) is 75.9 Å². The van der Waals surface area contributed by atoms with Crippen LogP contribution in [0.5, 0.6) is 5.75 Å². The van der Waals surface area contributed by atoms with Gasteiger partial charge >= 0.3 is 12.4 Å². The van der Waals surface area contributed by atoms with Crippen molar-refractivity contribution in [3.63, 3.8) is 0 Å². The lowest BCUT2D eigenvalue weighted by molar-refractivity contribution is -0.274. The number of anilines is 1. The topological polar surface area (TPSA) is 84.6 Å². The number of carbonyl (C=O) groups excluding carboxylic acids is 1. The molecule has 5 rings (SSSR count). The number of ether oxygens (including phenoxy) is 1. The second-order valence-corrected chi connectivity index (χ2v) is 12.3. The molecule has 1 aromatic heterocycles. The first-order valence-corrected chi connectivity index (χ1v) is 15.7. The molecule has 2 unspecified atom stereocenters. The van der Waals surface area contributed by atoms with Crippen LogP contribution in [0.2, 0.25) is 0 Å². The molecule has 12 heteroatoms. The van der Waals surface area contributed by atoms with Gasteiger partial charge in [-0.25, -0.2) is 14.5 Å². The molecule has 45 heavy (non-hydrogen) atoms. The fourth-order valence-corrected chi connectivity index (χ4v) is 6.60. The Morgan fingerprint density at radius 2 is 1.78 bits per heavy atom. The van der Waals surface area contributed by atoms with Gasteiger partial charge in [0.15, 0.2) is 11.0 Å². The summed E-state index contributed by atoms with van der Waals surface area (Å²) in [5, 5.41) is 8.15. The molecule has 1 aliphatic rings. The lowest BCUT2D eigenvalue weighted by atomic mass is 9.95. The summed E-state index contributed by atoms with van der Waals surface area (Å²) in [6.07, 6.45) is -2.27. The predicted octanol–water partition coefficient (Wildman–Crippen LogP) is 8.42. The van der Waals surface area contributed by atoms with Crippen molar-refractivity contribution in [2.75, 3.05) is 10.7 Å². The summed E-state index contributed by atoms with van der Waals surface area (Å²) >= 11 is 1.60. The maximum absolute atomic E-state index is 13.2. The number of benzene rings is 3. The number of amides is 2. The van der Waals surface area contributed by atoms with Crippen LogP contribution in [-0.2, 0) is 0 Å². The number of hydrogen-bond acceptors (Lipinski definition) is 5. The van der Waals surface area contributed by atoms with Crippen LogP contribution in [0.15, 0.2) is 78.0 Å². The molecule has 0 spiro atoms. The molecule has 2 atom stereocenters. The zero-order valence-corrected chi connectivity index (χ0v) is 26.5. The van der Waals surface area contributed by atoms with E-state index in [4.69, 9.17) is 0 Å². The molecule has 0 saturated carbocycles. The van der Waals surface area contributed by atoms with E-state index in [1.165, 1.54) is 46.4 Å². The van der Waals surface area contributed by atoms with Crippen LogP contribution in [0.3, 0.4) is 0 Å². The van der Waals surface area contributed by atoms with Crippen LogP contribution in [0.4, 0.5) is 23.7 Å². The number of halogens is 3. The minimum atomic E-state index is -4.75. The third-order valence-corrected chi connectivity index (χ3v) is 8.57. The molecule has 0 bridgehead atoms. The zero-order chi connectivity index (χ0) is 32.3. The Hall–Kier alpha value is -4.32. The number of aryl methyl sites for hydroxylation is 1. The van der Waals surface area contributed by atoms with Crippen LogP contribution in [-0.4, -0.2) is 44.1 Å². The highest BCUT2D eigenvalue weighted by atomic mass is 32.2. The van der Waals surface area contributed by atoms with Gasteiger partial charge in [-0.1, -0.05) is 62.0 Å². The molecule has 236 valence electrons. The van der Waals surface area contributed by atoms with E-state index in [0.29, 0.717) is 22.6 Å². The third-order valence-electron chi connectivity index (χ3n) is 7.58. The summed E-state index contributed by atoms with van der Waals surface area (Å²) < 4.78 is 42.7. The van der Waals surface area contributed by atoms with E-state index in [-0.39, 0.29) is 17.8 Å². The molecule has 0 aliphatic carbocycles. The molecular formula is C33H35F3N6O2S.